The Labute approximate surface area is 171 Å². The minimum Gasteiger partial charge on any atom is -0.497 e. The van der Waals surface area contributed by atoms with Crippen molar-refractivity contribution >= 4 is 5.97 Å². The van der Waals surface area contributed by atoms with Crippen molar-refractivity contribution in [3.8, 4) is 11.5 Å². The molecule has 1 aliphatic carbocycles. The van der Waals surface area contributed by atoms with Crippen LogP contribution in [0.25, 0.3) is 0 Å². The Bertz CT molecular complexity index is 995. The molecule has 0 N–H and O–H groups in total. The molecule has 1 fully saturated rings. The second-order valence-electron chi connectivity index (χ2n) is 7.30. The van der Waals surface area contributed by atoms with Crippen molar-refractivity contribution in [1.82, 2.24) is 0 Å². The zero-order chi connectivity index (χ0) is 20.5. The average Bonchev–Trinajstić information content (AvgIpc) is 3.52. The minimum atomic E-state index is -0.802. The molecule has 0 spiro atoms. The van der Waals surface area contributed by atoms with Gasteiger partial charge in [-0.25, -0.2) is 0 Å². The summed E-state index contributed by atoms with van der Waals surface area (Å²) in [5.41, 5.74) is 1.76. The van der Waals surface area contributed by atoms with Crippen LogP contribution in [0.15, 0.2) is 78.9 Å². The van der Waals surface area contributed by atoms with Gasteiger partial charge in [-0.2, -0.15) is 0 Å². The van der Waals surface area contributed by atoms with Crippen LogP contribution < -0.4 is 9.47 Å². The van der Waals surface area contributed by atoms with Gasteiger partial charge >= 0.3 is 5.97 Å². The van der Waals surface area contributed by atoms with Gasteiger partial charge in [-0.15, -0.1) is 0 Å². The van der Waals surface area contributed by atoms with E-state index in [1.54, 1.807) is 14.2 Å². The van der Waals surface area contributed by atoms with Gasteiger partial charge in [0.15, 0.2) is 0 Å². The summed E-state index contributed by atoms with van der Waals surface area (Å²) in [6.07, 6.45) is 0.634. The van der Waals surface area contributed by atoms with Gasteiger partial charge < -0.3 is 14.2 Å². The maximum Gasteiger partial charge on any atom is 0.317 e. The smallest absolute Gasteiger partial charge is 0.317 e. The van der Waals surface area contributed by atoms with E-state index in [2.05, 4.69) is 12.1 Å². The Hall–Kier alpha value is -3.27. The van der Waals surface area contributed by atoms with E-state index in [4.69, 9.17) is 14.2 Å². The summed E-state index contributed by atoms with van der Waals surface area (Å²) in [6.45, 7) is 0. The summed E-state index contributed by atoms with van der Waals surface area (Å²) in [4.78, 5) is 13.3. The van der Waals surface area contributed by atoms with Gasteiger partial charge in [-0.3, -0.25) is 4.79 Å². The minimum absolute atomic E-state index is 0.234. The number of rotatable bonds is 6. The first-order valence-electron chi connectivity index (χ1n) is 9.55. The summed E-state index contributed by atoms with van der Waals surface area (Å²) in [6, 6.07) is 25.8. The summed E-state index contributed by atoms with van der Waals surface area (Å²) < 4.78 is 16.0. The van der Waals surface area contributed by atoms with E-state index in [0.29, 0.717) is 6.42 Å². The molecule has 0 amide bonds. The molecule has 29 heavy (non-hydrogen) atoms. The molecule has 4 nitrogen and oxygen atoms in total. The van der Waals surface area contributed by atoms with Crippen LogP contribution in [0.1, 0.15) is 23.1 Å². The predicted molar refractivity (Wildman–Crippen MR) is 112 cm³/mol. The molecule has 148 valence electrons. The van der Waals surface area contributed by atoms with Crippen LogP contribution in [-0.4, -0.2) is 27.3 Å². The number of esters is 1. The van der Waals surface area contributed by atoms with E-state index in [1.807, 2.05) is 66.7 Å². The van der Waals surface area contributed by atoms with Crippen molar-refractivity contribution in [2.45, 2.75) is 17.3 Å². The lowest BCUT2D eigenvalue weighted by molar-refractivity contribution is -0.144. The zero-order valence-electron chi connectivity index (χ0n) is 16.8. The third-order valence-electron chi connectivity index (χ3n) is 6.10. The standard InChI is InChI=1S/C25H24O4/c1-27-21-13-9-19(10-14-21)24(18-7-5-4-6-8-18)17-25(24,23(26)29-3)20-11-15-22(28-2)16-12-20/h4-16H,17H2,1-3H3/t24-,25+/m0/s1. The summed E-state index contributed by atoms with van der Waals surface area (Å²) in [5.74, 6) is 1.30. The number of carbonyl (C=O) groups excluding carboxylic acids is 1. The van der Waals surface area contributed by atoms with Crippen LogP contribution in [0, 0.1) is 0 Å². The van der Waals surface area contributed by atoms with Crippen LogP contribution in [0.2, 0.25) is 0 Å². The van der Waals surface area contributed by atoms with Crippen LogP contribution in [0.3, 0.4) is 0 Å². The fourth-order valence-electron chi connectivity index (χ4n) is 4.58. The number of hydrogen-bond donors (Lipinski definition) is 0. The Morgan fingerprint density at radius 3 is 1.66 bits per heavy atom. The van der Waals surface area contributed by atoms with Gasteiger partial charge in [-0.05, 0) is 47.4 Å². The molecule has 0 heterocycles. The van der Waals surface area contributed by atoms with Crippen molar-refractivity contribution in [3.63, 3.8) is 0 Å². The Kier molecular flexibility index (Phi) is 4.79. The lowest BCUT2D eigenvalue weighted by atomic mass is 9.77. The third kappa shape index (κ3) is 2.79. The first kappa shape index (κ1) is 19.1. The maximum absolute atomic E-state index is 13.3. The maximum atomic E-state index is 13.3. The van der Waals surface area contributed by atoms with Gasteiger partial charge in [0.25, 0.3) is 0 Å². The monoisotopic (exact) mass is 388 g/mol. The summed E-state index contributed by atoms with van der Waals surface area (Å²) >= 11 is 0. The van der Waals surface area contributed by atoms with Crippen molar-refractivity contribution < 1.29 is 19.0 Å². The molecule has 0 aliphatic heterocycles. The second kappa shape index (κ2) is 7.28. The molecule has 1 saturated carbocycles. The van der Waals surface area contributed by atoms with E-state index in [9.17, 15) is 4.79 Å². The van der Waals surface area contributed by atoms with Crippen LogP contribution in [0.5, 0.6) is 11.5 Å². The molecule has 0 bridgehead atoms. The zero-order valence-corrected chi connectivity index (χ0v) is 16.8. The van der Waals surface area contributed by atoms with Gasteiger partial charge in [0, 0.05) is 5.41 Å². The first-order chi connectivity index (χ1) is 14.1. The predicted octanol–water partition coefficient (Wildman–Crippen LogP) is 4.50. The molecule has 4 rings (SSSR count). The lowest BCUT2D eigenvalue weighted by Gasteiger charge is -2.26. The molecule has 0 unspecified atom stereocenters. The topological polar surface area (TPSA) is 44.8 Å². The molecule has 0 saturated heterocycles. The lowest BCUT2D eigenvalue weighted by Crippen LogP contribution is -2.32. The molecular formula is C25H24O4. The fraction of sp³-hybridized carbons (Fsp3) is 0.240. The second-order valence-corrected chi connectivity index (χ2v) is 7.30. The third-order valence-corrected chi connectivity index (χ3v) is 6.10. The van der Waals surface area contributed by atoms with Gasteiger partial charge in [0.2, 0.25) is 0 Å². The number of ether oxygens (including phenoxy) is 3. The first-order valence-corrected chi connectivity index (χ1v) is 9.55. The largest absolute Gasteiger partial charge is 0.497 e. The van der Waals surface area contributed by atoms with Gasteiger partial charge in [-0.1, -0.05) is 54.6 Å². The van der Waals surface area contributed by atoms with Crippen LogP contribution in [-0.2, 0) is 20.4 Å². The molecule has 4 heteroatoms. The molecule has 1 aliphatic rings. The SMILES string of the molecule is COC(=O)[C@]1(c2ccc(OC)cc2)C[C@]1(c1ccccc1)c1ccc(OC)cc1. The highest BCUT2D eigenvalue weighted by atomic mass is 16.5. The van der Waals surface area contributed by atoms with E-state index >= 15 is 0 Å². The summed E-state index contributed by atoms with van der Waals surface area (Å²) in [7, 11) is 4.73. The molecule has 0 radical (unpaired) electrons. The number of benzene rings is 3. The van der Waals surface area contributed by atoms with Gasteiger partial charge in [0.05, 0.1) is 21.3 Å². The fourth-order valence-corrected chi connectivity index (χ4v) is 4.58. The van der Waals surface area contributed by atoms with E-state index in [-0.39, 0.29) is 5.97 Å². The van der Waals surface area contributed by atoms with E-state index in [1.165, 1.54) is 7.11 Å². The molecule has 3 aromatic carbocycles. The van der Waals surface area contributed by atoms with Gasteiger partial charge in [0.1, 0.15) is 16.9 Å². The normalized spacial score (nSPS) is 22.6. The highest BCUT2D eigenvalue weighted by Crippen LogP contribution is 2.69. The number of methoxy groups -OCH3 is 3. The van der Waals surface area contributed by atoms with Crippen LogP contribution >= 0.6 is 0 Å². The Morgan fingerprint density at radius 1 is 0.690 bits per heavy atom. The van der Waals surface area contributed by atoms with Crippen molar-refractivity contribution in [1.29, 1.82) is 0 Å². The highest BCUT2D eigenvalue weighted by Gasteiger charge is 2.74. The number of carbonyl (C=O) groups is 1. The molecule has 3 aromatic rings. The quantitative estimate of drug-likeness (QED) is 0.583. The van der Waals surface area contributed by atoms with Crippen molar-refractivity contribution in [2.24, 2.45) is 0 Å². The van der Waals surface area contributed by atoms with Crippen LogP contribution in [0.4, 0.5) is 0 Å². The highest BCUT2D eigenvalue weighted by molar-refractivity contribution is 5.93. The van der Waals surface area contributed by atoms with E-state index in [0.717, 1.165) is 28.2 Å². The average molecular weight is 388 g/mol. The molecular weight excluding hydrogens is 364 g/mol. The number of hydrogen-bond acceptors (Lipinski definition) is 4. The molecule has 0 aromatic heterocycles. The van der Waals surface area contributed by atoms with Crippen molar-refractivity contribution in [3.05, 3.63) is 95.6 Å². The van der Waals surface area contributed by atoms with E-state index < -0.39 is 10.8 Å². The summed E-state index contributed by atoms with van der Waals surface area (Å²) in [5, 5.41) is 0. The Balaban J connectivity index is 1.93. The Morgan fingerprint density at radius 2 is 1.17 bits per heavy atom. The van der Waals surface area contributed by atoms with Crippen molar-refractivity contribution in [2.75, 3.05) is 21.3 Å². The molecule has 2 atom stereocenters.